The fourth-order valence-electron chi connectivity index (χ4n) is 2.40. The number of carboxylic acid groups (broad SMARTS) is 1. The number of carboxylic acids is 1. The van der Waals surface area contributed by atoms with Crippen LogP contribution in [0.2, 0.25) is 4.34 Å². The van der Waals surface area contributed by atoms with E-state index >= 15 is 0 Å². The molecule has 0 radical (unpaired) electrons. The quantitative estimate of drug-likeness (QED) is 0.767. The van der Waals surface area contributed by atoms with Crippen LogP contribution in [0.15, 0.2) is 24.3 Å². The van der Waals surface area contributed by atoms with Crippen LogP contribution in [0.3, 0.4) is 0 Å². The molecular formula is C16H18ClNO3S. The number of benzene rings is 1. The minimum atomic E-state index is -0.961. The smallest absolute Gasteiger partial charge is 0.337 e. The van der Waals surface area contributed by atoms with Crippen LogP contribution in [0.1, 0.15) is 35.3 Å². The van der Waals surface area contributed by atoms with Crippen LogP contribution in [-0.2, 0) is 17.9 Å². The van der Waals surface area contributed by atoms with E-state index in [0.717, 1.165) is 11.1 Å². The highest BCUT2D eigenvalue weighted by Crippen LogP contribution is 2.42. The third-order valence-corrected chi connectivity index (χ3v) is 4.80. The summed E-state index contributed by atoms with van der Waals surface area (Å²) in [5.41, 5.74) is 2.62. The molecule has 1 aromatic carbocycles. The summed E-state index contributed by atoms with van der Waals surface area (Å²) in [5.74, 6) is 4.53. The first-order valence-electron chi connectivity index (χ1n) is 6.90. The van der Waals surface area contributed by atoms with E-state index in [1.54, 1.807) is 0 Å². The van der Waals surface area contributed by atoms with Crippen molar-refractivity contribution >= 4 is 28.9 Å². The van der Waals surface area contributed by atoms with Gasteiger partial charge in [0.15, 0.2) is 0 Å². The molecule has 2 rings (SSSR count). The van der Waals surface area contributed by atoms with E-state index in [4.69, 9.17) is 22.3 Å². The molecule has 0 unspecified atom stereocenters. The highest BCUT2D eigenvalue weighted by atomic mass is 35.5. The summed E-state index contributed by atoms with van der Waals surface area (Å²) < 4.78 is 0.532. The fraction of sp³-hybridized carbons (Fsp3) is 0.312. The number of rotatable bonds is 6. The van der Waals surface area contributed by atoms with Gasteiger partial charge in [0.25, 0.3) is 0 Å². The molecule has 0 saturated heterocycles. The molecule has 0 aliphatic rings. The Morgan fingerprint density at radius 3 is 2.68 bits per heavy atom. The maximum atomic E-state index is 11.8. The van der Waals surface area contributed by atoms with Crippen LogP contribution in [0.4, 0.5) is 0 Å². The minimum Gasteiger partial charge on any atom is -0.478 e. The summed E-state index contributed by atoms with van der Waals surface area (Å²) in [6.45, 7) is 4.29. The van der Waals surface area contributed by atoms with Gasteiger partial charge in [-0.2, -0.15) is 0 Å². The molecule has 0 aliphatic carbocycles. The molecule has 0 fully saturated rings. The number of aromatic carboxylic acids is 1. The van der Waals surface area contributed by atoms with E-state index in [0.29, 0.717) is 27.1 Å². The second kappa shape index (κ2) is 7.24. The van der Waals surface area contributed by atoms with Crippen molar-refractivity contribution in [2.24, 2.45) is 11.8 Å². The lowest BCUT2D eigenvalue weighted by Crippen LogP contribution is -2.05. The first kappa shape index (κ1) is 17.0. The molecule has 1 aromatic heterocycles. The first-order chi connectivity index (χ1) is 10.5. The van der Waals surface area contributed by atoms with E-state index in [-0.39, 0.29) is 12.2 Å². The van der Waals surface area contributed by atoms with Crippen molar-refractivity contribution in [1.29, 1.82) is 0 Å². The van der Waals surface area contributed by atoms with Crippen molar-refractivity contribution in [2.75, 3.05) is 0 Å². The molecule has 0 aliphatic heterocycles. The number of thiophene rings is 1. The number of hydrogen-bond donors (Lipinski definition) is 2. The van der Waals surface area contributed by atoms with E-state index in [9.17, 15) is 9.90 Å². The largest absolute Gasteiger partial charge is 0.478 e. The fourth-order valence-corrected chi connectivity index (χ4v) is 3.91. The molecule has 118 valence electrons. The Labute approximate surface area is 138 Å². The first-order valence-corrected chi connectivity index (χ1v) is 8.09. The zero-order chi connectivity index (χ0) is 16.3. The average Bonchev–Trinajstić information content (AvgIpc) is 2.76. The molecule has 2 aromatic rings. The summed E-state index contributed by atoms with van der Waals surface area (Å²) in [7, 11) is 0. The number of halogens is 1. The number of nitrogens with two attached hydrogens (primary N) is 1. The number of hydrogen-bond acceptors (Lipinski definition) is 4. The van der Waals surface area contributed by atoms with Crippen LogP contribution in [-0.4, -0.2) is 11.1 Å². The van der Waals surface area contributed by atoms with Gasteiger partial charge < -0.3 is 5.11 Å². The lowest BCUT2D eigenvalue weighted by molar-refractivity contribution is 0.0697. The van der Waals surface area contributed by atoms with Gasteiger partial charge >= 0.3 is 5.97 Å². The van der Waals surface area contributed by atoms with Gasteiger partial charge in [-0.05, 0) is 29.0 Å². The Bertz CT molecular complexity index is 682. The molecule has 0 saturated carbocycles. The van der Waals surface area contributed by atoms with Crippen molar-refractivity contribution in [1.82, 2.24) is 0 Å². The topological polar surface area (TPSA) is 72.5 Å². The monoisotopic (exact) mass is 339 g/mol. The van der Waals surface area contributed by atoms with Crippen LogP contribution >= 0.6 is 22.9 Å². The van der Waals surface area contributed by atoms with Gasteiger partial charge in [0.05, 0.1) is 21.4 Å². The second-order valence-electron chi connectivity index (χ2n) is 5.43. The van der Waals surface area contributed by atoms with Gasteiger partial charge in [-0.1, -0.05) is 49.7 Å². The highest BCUT2D eigenvalue weighted by Gasteiger charge is 2.25. The van der Waals surface area contributed by atoms with Crippen molar-refractivity contribution in [3.8, 4) is 10.4 Å². The Kier molecular flexibility index (Phi) is 5.58. The lowest BCUT2D eigenvalue weighted by atomic mass is 9.97. The summed E-state index contributed by atoms with van der Waals surface area (Å²) >= 11 is 7.61. The molecule has 3 N–H and O–H groups in total. The van der Waals surface area contributed by atoms with E-state index in [1.165, 1.54) is 11.3 Å². The summed E-state index contributed by atoms with van der Waals surface area (Å²) in [6, 6.07) is 7.45. The van der Waals surface area contributed by atoms with Crippen molar-refractivity contribution in [3.63, 3.8) is 0 Å². The van der Waals surface area contributed by atoms with Crippen LogP contribution in [0.25, 0.3) is 10.4 Å². The Balaban J connectivity index is 2.63. The van der Waals surface area contributed by atoms with Gasteiger partial charge in [0, 0.05) is 0 Å². The molecular weight excluding hydrogens is 322 g/mol. The van der Waals surface area contributed by atoms with E-state index < -0.39 is 5.97 Å². The Hall–Kier alpha value is -1.40. The third kappa shape index (κ3) is 3.50. The van der Waals surface area contributed by atoms with Gasteiger partial charge in [-0.3, -0.25) is 4.84 Å². The zero-order valence-electron chi connectivity index (χ0n) is 12.4. The molecule has 1 heterocycles. The van der Waals surface area contributed by atoms with Gasteiger partial charge in [-0.15, -0.1) is 11.3 Å². The zero-order valence-corrected chi connectivity index (χ0v) is 14.0. The Morgan fingerprint density at radius 2 is 2.09 bits per heavy atom. The summed E-state index contributed by atoms with van der Waals surface area (Å²) in [6.07, 6.45) is 0.631. The molecule has 0 spiro atoms. The van der Waals surface area contributed by atoms with Crippen molar-refractivity contribution in [2.45, 2.75) is 26.9 Å². The predicted octanol–water partition coefficient (Wildman–Crippen LogP) is 4.36. The highest BCUT2D eigenvalue weighted by molar-refractivity contribution is 7.20. The molecule has 22 heavy (non-hydrogen) atoms. The SMILES string of the molecule is CC(C)Cc1c(Cl)sc(-c2ccccc2CON)c1C(=O)O. The van der Waals surface area contributed by atoms with Crippen molar-refractivity contribution < 1.29 is 14.7 Å². The summed E-state index contributed by atoms with van der Waals surface area (Å²) in [4.78, 5) is 17.1. The van der Waals surface area contributed by atoms with Gasteiger partial charge in [0.2, 0.25) is 0 Å². The summed E-state index contributed by atoms with van der Waals surface area (Å²) in [5, 5.41) is 9.65. The lowest BCUT2D eigenvalue weighted by Gasteiger charge is -2.09. The van der Waals surface area contributed by atoms with E-state index in [1.807, 2.05) is 38.1 Å². The van der Waals surface area contributed by atoms with Crippen LogP contribution in [0.5, 0.6) is 0 Å². The van der Waals surface area contributed by atoms with Gasteiger partial charge in [0.1, 0.15) is 0 Å². The van der Waals surface area contributed by atoms with E-state index in [2.05, 4.69) is 0 Å². The van der Waals surface area contributed by atoms with Crippen LogP contribution in [0, 0.1) is 5.92 Å². The normalized spacial score (nSPS) is 11.1. The minimum absolute atomic E-state index is 0.213. The maximum absolute atomic E-state index is 11.8. The molecule has 0 bridgehead atoms. The molecule has 0 atom stereocenters. The molecule has 6 heteroatoms. The third-order valence-electron chi connectivity index (χ3n) is 3.28. The average molecular weight is 340 g/mol. The molecule has 4 nitrogen and oxygen atoms in total. The maximum Gasteiger partial charge on any atom is 0.337 e. The standard InChI is InChI=1S/C16H18ClNO3S/c1-9(2)7-12-13(16(19)20)14(22-15(12)17)11-6-4-3-5-10(11)8-21-18/h3-6,9H,7-8,18H2,1-2H3,(H,19,20). The Morgan fingerprint density at radius 1 is 1.41 bits per heavy atom. The van der Waals surface area contributed by atoms with Gasteiger partial charge in [-0.25, -0.2) is 10.7 Å². The second-order valence-corrected chi connectivity index (χ2v) is 7.05. The van der Waals surface area contributed by atoms with Crippen molar-refractivity contribution in [3.05, 3.63) is 45.3 Å². The predicted molar refractivity (Wildman–Crippen MR) is 89.2 cm³/mol. The van der Waals surface area contributed by atoms with Crippen LogP contribution < -0.4 is 5.90 Å². The molecule has 0 amide bonds. The number of carbonyl (C=O) groups is 1.